The molecule has 19 heavy (non-hydrogen) atoms. The van der Waals surface area contributed by atoms with Crippen molar-refractivity contribution in [3.05, 3.63) is 57.5 Å². The molecule has 0 N–H and O–H groups in total. The molecule has 0 unspecified atom stereocenters. The Kier molecular flexibility index (Phi) is 3.53. The number of aryl methyl sites for hydroxylation is 2. The zero-order valence-electron chi connectivity index (χ0n) is 9.94. The van der Waals surface area contributed by atoms with Gasteiger partial charge >= 0.3 is 0 Å². The third-order valence-corrected chi connectivity index (χ3v) is 3.50. The maximum Gasteiger partial charge on any atom is 0.199 e. The molecule has 0 saturated heterocycles. The van der Waals surface area contributed by atoms with E-state index in [2.05, 4.69) is 25.9 Å². The summed E-state index contributed by atoms with van der Waals surface area (Å²) in [5, 5.41) is 0.750. The van der Waals surface area contributed by atoms with Crippen LogP contribution < -0.4 is 0 Å². The topological polar surface area (TPSA) is 38.9 Å². The second kappa shape index (κ2) is 5.31. The molecule has 3 aromatic rings. The number of hydrogen-bond donors (Lipinski definition) is 0. The first-order chi connectivity index (χ1) is 9.20. The maximum atomic E-state index is 5.85. The van der Waals surface area contributed by atoms with E-state index in [-0.39, 0.29) is 0 Å². The maximum absolute atomic E-state index is 5.85. The highest BCUT2D eigenvalue weighted by Crippen LogP contribution is 2.18. The second-order valence-electron chi connectivity index (χ2n) is 4.19. The first-order valence-corrected chi connectivity index (χ1v) is 7.04. The molecule has 0 radical (unpaired) electrons. The summed E-state index contributed by atoms with van der Waals surface area (Å²) in [7, 11) is 0. The molecule has 5 heteroatoms. The van der Waals surface area contributed by atoms with E-state index in [9.17, 15) is 0 Å². The number of fused-ring (bicyclic) bond motifs is 1. The Balaban J connectivity index is 1.76. The fraction of sp³-hybridized carbons (Fsp3) is 0.143. The molecule has 3 rings (SSSR count). The Labute approximate surface area is 123 Å². The summed E-state index contributed by atoms with van der Waals surface area (Å²) in [5.74, 6) is 0.704. The van der Waals surface area contributed by atoms with Gasteiger partial charge in [0.05, 0.1) is 0 Å². The highest BCUT2D eigenvalue weighted by molar-refractivity contribution is 9.10. The van der Waals surface area contributed by atoms with Crippen molar-refractivity contribution in [2.24, 2.45) is 0 Å². The lowest BCUT2D eigenvalue weighted by Crippen LogP contribution is -1.91. The number of oxazole rings is 1. The molecule has 0 bridgehead atoms. The van der Waals surface area contributed by atoms with Crippen LogP contribution in [0.2, 0.25) is 5.02 Å². The predicted octanol–water partition coefficient (Wildman–Crippen LogP) is 4.42. The van der Waals surface area contributed by atoms with Crippen LogP contribution in [0.1, 0.15) is 11.5 Å². The third kappa shape index (κ3) is 2.96. The van der Waals surface area contributed by atoms with Gasteiger partial charge in [0.1, 0.15) is 4.60 Å². The molecular formula is C14H10BrClN2O. The molecule has 0 amide bonds. The van der Waals surface area contributed by atoms with Crippen LogP contribution in [-0.2, 0) is 12.8 Å². The van der Waals surface area contributed by atoms with Gasteiger partial charge in [-0.15, -0.1) is 0 Å². The highest BCUT2D eigenvalue weighted by Gasteiger charge is 2.07. The summed E-state index contributed by atoms with van der Waals surface area (Å²) in [6.45, 7) is 0. The van der Waals surface area contributed by atoms with Gasteiger partial charge in [0.2, 0.25) is 0 Å². The van der Waals surface area contributed by atoms with E-state index in [1.807, 2.05) is 36.4 Å². The van der Waals surface area contributed by atoms with Gasteiger partial charge in [-0.05, 0) is 52.2 Å². The number of benzene rings is 1. The minimum Gasteiger partial charge on any atom is -0.439 e. The molecule has 0 aliphatic carbocycles. The number of pyridine rings is 1. The fourth-order valence-corrected chi connectivity index (χ4v) is 2.28. The molecule has 0 atom stereocenters. The summed E-state index contributed by atoms with van der Waals surface area (Å²) < 4.78 is 6.41. The summed E-state index contributed by atoms with van der Waals surface area (Å²) >= 11 is 9.17. The lowest BCUT2D eigenvalue weighted by molar-refractivity contribution is 0.528. The lowest BCUT2D eigenvalue weighted by Gasteiger charge is -1.98. The van der Waals surface area contributed by atoms with Gasteiger partial charge in [-0.25, -0.2) is 4.98 Å². The van der Waals surface area contributed by atoms with Crippen LogP contribution in [0.5, 0.6) is 0 Å². The van der Waals surface area contributed by atoms with Crippen LogP contribution in [0.15, 0.2) is 45.4 Å². The molecule has 2 heterocycles. The van der Waals surface area contributed by atoms with Crippen molar-refractivity contribution in [2.75, 3.05) is 0 Å². The largest absolute Gasteiger partial charge is 0.439 e. The van der Waals surface area contributed by atoms with Crippen molar-refractivity contribution < 1.29 is 4.42 Å². The minimum absolute atomic E-state index is 0.639. The van der Waals surface area contributed by atoms with Gasteiger partial charge < -0.3 is 4.42 Å². The van der Waals surface area contributed by atoms with Crippen molar-refractivity contribution in [3.8, 4) is 0 Å². The van der Waals surface area contributed by atoms with Crippen molar-refractivity contribution >= 4 is 38.8 Å². The summed E-state index contributed by atoms with van der Waals surface area (Å²) in [6, 6.07) is 11.5. The van der Waals surface area contributed by atoms with E-state index in [1.54, 1.807) is 0 Å². The smallest absolute Gasteiger partial charge is 0.199 e. The highest BCUT2D eigenvalue weighted by atomic mass is 79.9. The Hall–Kier alpha value is -1.39. The lowest BCUT2D eigenvalue weighted by atomic mass is 10.1. The number of aromatic nitrogens is 2. The number of rotatable bonds is 3. The fourth-order valence-electron chi connectivity index (χ4n) is 1.85. The van der Waals surface area contributed by atoms with Crippen molar-refractivity contribution in [1.29, 1.82) is 0 Å². The Morgan fingerprint density at radius 1 is 1.00 bits per heavy atom. The van der Waals surface area contributed by atoms with Crippen molar-refractivity contribution in [3.63, 3.8) is 0 Å². The van der Waals surface area contributed by atoms with Crippen LogP contribution in [0.25, 0.3) is 11.2 Å². The first kappa shape index (κ1) is 12.6. The standard InChI is InChI=1S/C14H10BrClN2O/c15-12-7-6-11-14(17-12)18-13(19-11)8-3-9-1-4-10(16)5-2-9/h1-2,4-7H,3,8H2. The third-order valence-electron chi connectivity index (χ3n) is 2.80. The van der Waals surface area contributed by atoms with E-state index < -0.39 is 0 Å². The van der Waals surface area contributed by atoms with E-state index in [0.717, 1.165) is 22.5 Å². The molecule has 0 aliphatic rings. The average molecular weight is 338 g/mol. The van der Waals surface area contributed by atoms with Gasteiger partial charge in [-0.2, -0.15) is 4.98 Å². The zero-order chi connectivity index (χ0) is 13.2. The Bertz CT molecular complexity index is 709. The van der Waals surface area contributed by atoms with E-state index in [1.165, 1.54) is 5.56 Å². The first-order valence-electron chi connectivity index (χ1n) is 5.87. The predicted molar refractivity (Wildman–Crippen MR) is 78.4 cm³/mol. The van der Waals surface area contributed by atoms with Gasteiger partial charge in [-0.1, -0.05) is 23.7 Å². The number of nitrogens with zero attached hydrogens (tertiary/aromatic N) is 2. The SMILES string of the molecule is Clc1ccc(CCc2nc3nc(Br)ccc3o2)cc1. The summed E-state index contributed by atoms with van der Waals surface area (Å²) in [6.07, 6.45) is 1.61. The van der Waals surface area contributed by atoms with E-state index in [4.69, 9.17) is 16.0 Å². The van der Waals surface area contributed by atoms with Crippen LogP contribution in [0.3, 0.4) is 0 Å². The zero-order valence-corrected chi connectivity index (χ0v) is 12.3. The van der Waals surface area contributed by atoms with Crippen LogP contribution in [-0.4, -0.2) is 9.97 Å². The normalized spacial score (nSPS) is 11.1. The number of halogens is 2. The number of hydrogen-bond acceptors (Lipinski definition) is 3. The van der Waals surface area contributed by atoms with Gasteiger partial charge in [0.15, 0.2) is 17.1 Å². The summed E-state index contributed by atoms with van der Waals surface area (Å²) in [5.41, 5.74) is 2.57. The molecule has 1 aromatic carbocycles. The van der Waals surface area contributed by atoms with Crippen LogP contribution in [0, 0.1) is 0 Å². The van der Waals surface area contributed by atoms with Crippen LogP contribution >= 0.6 is 27.5 Å². The van der Waals surface area contributed by atoms with Gasteiger partial charge in [0, 0.05) is 11.4 Å². The van der Waals surface area contributed by atoms with Crippen molar-refractivity contribution in [2.45, 2.75) is 12.8 Å². The molecule has 0 fully saturated rings. The molecule has 3 nitrogen and oxygen atoms in total. The molecular weight excluding hydrogens is 328 g/mol. The molecule has 0 spiro atoms. The Morgan fingerprint density at radius 2 is 1.79 bits per heavy atom. The molecule has 0 saturated carbocycles. The van der Waals surface area contributed by atoms with E-state index in [0.29, 0.717) is 17.1 Å². The van der Waals surface area contributed by atoms with Gasteiger partial charge in [0.25, 0.3) is 0 Å². The molecule has 96 valence electrons. The summed E-state index contributed by atoms with van der Waals surface area (Å²) in [4.78, 5) is 8.63. The monoisotopic (exact) mass is 336 g/mol. The van der Waals surface area contributed by atoms with Crippen LogP contribution in [0.4, 0.5) is 0 Å². The second-order valence-corrected chi connectivity index (χ2v) is 5.44. The Morgan fingerprint density at radius 3 is 2.58 bits per heavy atom. The molecule has 0 aliphatic heterocycles. The van der Waals surface area contributed by atoms with Gasteiger partial charge in [-0.3, -0.25) is 0 Å². The average Bonchev–Trinajstić information content (AvgIpc) is 2.80. The molecule has 2 aromatic heterocycles. The minimum atomic E-state index is 0.639. The van der Waals surface area contributed by atoms with Crippen molar-refractivity contribution in [1.82, 2.24) is 9.97 Å². The van der Waals surface area contributed by atoms with E-state index >= 15 is 0 Å². The quantitative estimate of drug-likeness (QED) is 0.664.